The van der Waals surface area contributed by atoms with Gasteiger partial charge in [-0.15, -0.1) is 11.3 Å². The highest BCUT2D eigenvalue weighted by Crippen LogP contribution is 2.48. The second kappa shape index (κ2) is 11.2. The Morgan fingerprint density at radius 1 is 0.408 bits per heavy atom. The zero-order chi connectivity index (χ0) is 32.3. The number of fused-ring (bicyclic) bond motifs is 7. The smallest absolute Gasteiger partial charge is 0.136 e. The molecule has 0 aliphatic carbocycles. The minimum Gasteiger partial charge on any atom is -0.456 e. The van der Waals surface area contributed by atoms with E-state index in [2.05, 4.69) is 169 Å². The van der Waals surface area contributed by atoms with E-state index in [0.717, 1.165) is 50.1 Å². The first-order valence-corrected chi connectivity index (χ1v) is 17.4. The van der Waals surface area contributed by atoms with Gasteiger partial charge in [-0.1, -0.05) is 121 Å². The minimum absolute atomic E-state index is 0.894. The van der Waals surface area contributed by atoms with Gasteiger partial charge >= 0.3 is 0 Å². The molecule has 0 fully saturated rings. The van der Waals surface area contributed by atoms with Crippen molar-refractivity contribution in [2.24, 2.45) is 0 Å². The number of hydrogen-bond donors (Lipinski definition) is 0. The average molecular weight is 644 g/mol. The maximum absolute atomic E-state index is 6.35. The van der Waals surface area contributed by atoms with Gasteiger partial charge in [-0.3, -0.25) is 0 Å². The number of hydrogen-bond acceptors (Lipinski definition) is 3. The summed E-state index contributed by atoms with van der Waals surface area (Å²) in [4.78, 5) is 2.44. The van der Waals surface area contributed by atoms with E-state index in [1.807, 2.05) is 23.5 Å². The first-order chi connectivity index (χ1) is 24.3. The Hall–Kier alpha value is -6.16. The molecule has 0 radical (unpaired) electrons. The van der Waals surface area contributed by atoms with E-state index >= 15 is 0 Å². The third kappa shape index (κ3) is 4.55. The van der Waals surface area contributed by atoms with Gasteiger partial charge in [0.2, 0.25) is 0 Å². The summed E-state index contributed by atoms with van der Waals surface area (Å²) in [5.74, 6) is 0. The molecule has 0 atom stereocenters. The second-order valence-corrected chi connectivity index (χ2v) is 13.6. The highest BCUT2D eigenvalue weighted by molar-refractivity contribution is 7.26. The molecule has 0 aliphatic rings. The van der Waals surface area contributed by atoms with Crippen LogP contribution in [0.15, 0.2) is 180 Å². The SMILES string of the molecule is c1ccc(N(c2ccc(-c3cccc4ccccc34)cc2)c2cccc3sc4ccccc4c23)c(-c2ccc3c(c2)oc2ccccc23)c1. The van der Waals surface area contributed by atoms with Crippen molar-refractivity contribution in [1.29, 1.82) is 0 Å². The van der Waals surface area contributed by atoms with Gasteiger partial charge < -0.3 is 9.32 Å². The second-order valence-electron chi connectivity index (χ2n) is 12.5. The van der Waals surface area contributed by atoms with Crippen molar-refractivity contribution in [3.05, 3.63) is 176 Å². The lowest BCUT2D eigenvalue weighted by Gasteiger charge is -2.29. The molecule has 0 aliphatic heterocycles. The average Bonchev–Trinajstić information content (AvgIpc) is 3.74. The molecule has 0 bridgehead atoms. The van der Waals surface area contributed by atoms with E-state index in [4.69, 9.17) is 4.42 Å². The molecule has 3 heteroatoms. The van der Waals surface area contributed by atoms with Gasteiger partial charge in [-0.2, -0.15) is 0 Å². The molecule has 10 aromatic rings. The summed E-state index contributed by atoms with van der Waals surface area (Å²) in [5, 5.41) is 7.32. The third-order valence-corrected chi connectivity index (χ3v) is 10.8. The zero-order valence-electron chi connectivity index (χ0n) is 26.5. The Labute approximate surface area is 287 Å². The third-order valence-electron chi connectivity index (χ3n) is 9.68. The van der Waals surface area contributed by atoms with Crippen LogP contribution >= 0.6 is 11.3 Å². The summed E-state index contributed by atoms with van der Waals surface area (Å²) in [6.45, 7) is 0. The molecule has 230 valence electrons. The van der Waals surface area contributed by atoms with Crippen molar-refractivity contribution < 1.29 is 4.42 Å². The summed E-state index contributed by atoms with van der Waals surface area (Å²) in [5.41, 5.74) is 9.86. The highest BCUT2D eigenvalue weighted by Gasteiger charge is 2.22. The van der Waals surface area contributed by atoms with E-state index in [-0.39, 0.29) is 0 Å². The first-order valence-electron chi connectivity index (χ1n) is 16.6. The van der Waals surface area contributed by atoms with Gasteiger partial charge in [0.25, 0.3) is 0 Å². The fraction of sp³-hybridized carbons (Fsp3) is 0. The van der Waals surface area contributed by atoms with Crippen molar-refractivity contribution in [3.8, 4) is 22.3 Å². The van der Waals surface area contributed by atoms with Crippen LogP contribution in [0.2, 0.25) is 0 Å². The van der Waals surface area contributed by atoms with Gasteiger partial charge in [-0.25, -0.2) is 0 Å². The van der Waals surface area contributed by atoms with Gasteiger partial charge in [-0.05, 0) is 82.1 Å². The number of benzene rings is 8. The Morgan fingerprint density at radius 2 is 1.04 bits per heavy atom. The number of anilines is 3. The normalized spacial score (nSPS) is 11.7. The minimum atomic E-state index is 0.894. The van der Waals surface area contributed by atoms with Crippen LogP contribution in [0.5, 0.6) is 0 Å². The van der Waals surface area contributed by atoms with E-state index in [9.17, 15) is 0 Å². The van der Waals surface area contributed by atoms with Crippen LogP contribution in [0.1, 0.15) is 0 Å². The summed E-state index contributed by atoms with van der Waals surface area (Å²) < 4.78 is 8.92. The first kappa shape index (κ1) is 27.9. The topological polar surface area (TPSA) is 16.4 Å². The lowest BCUT2D eigenvalue weighted by Crippen LogP contribution is -2.11. The van der Waals surface area contributed by atoms with Crippen LogP contribution < -0.4 is 4.90 Å². The van der Waals surface area contributed by atoms with Gasteiger partial charge in [0.05, 0.1) is 11.4 Å². The molecule has 2 aromatic heterocycles. The Balaban J connectivity index is 1.19. The number of nitrogens with zero attached hydrogens (tertiary/aromatic N) is 1. The lowest BCUT2D eigenvalue weighted by molar-refractivity contribution is 0.669. The standard InChI is InChI=1S/C46H29NOS/c1-2-13-34-30(11-1)12-9-17-35(34)31-23-26-33(27-24-31)47(41-19-10-22-45-46(41)39-16-5-8-21-44(39)49-45)40-18-6-3-14-36(40)32-25-28-38-37-15-4-7-20-42(37)48-43(38)29-32/h1-29H. The van der Waals surface area contributed by atoms with E-state index < -0.39 is 0 Å². The molecule has 8 aromatic carbocycles. The Bertz CT molecular complexity index is 2840. The molecule has 2 heterocycles. The molecule has 0 amide bonds. The van der Waals surface area contributed by atoms with Crippen molar-refractivity contribution >= 4 is 81.3 Å². The predicted molar refractivity (Wildman–Crippen MR) is 210 cm³/mol. The van der Waals surface area contributed by atoms with E-state index in [1.165, 1.54) is 42.1 Å². The van der Waals surface area contributed by atoms with Gasteiger partial charge in [0, 0.05) is 42.2 Å². The quantitative estimate of drug-likeness (QED) is 0.186. The summed E-state index contributed by atoms with van der Waals surface area (Å²) in [6, 6.07) is 63.3. The number of rotatable bonds is 5. The fourth-order valence-corrected chi connectivity index (χ4v) is 8.55. The Morgan fingerprint density at radius 3 is 1.96 bits per heavy atom. The molecule has 0 spiro atoms. The van der Waals surface area contributed by atoms with Crippen LogP contribution in [0.3, 0.4) is 0 Å². The van der Waals surface area contributed by atoms with Crippen molar-refractivity contribution in [2.45, 2.75) is 0 Å². The van der Waals surface area contributed by atoms with E-state index in [0.29, 0.717) is 0 Å². The summed E-state index contributed by atoms with van der Waals surface area (Å²) in [7, 11) is 0. The van der Waals surface area contributed by atoms with Crippen LogP contribution in [0, 0.1) is 0 Å². The summed E-state index contributed by atoms with van der Waals surface area (Å²) >= 11 is 1.85. The maximum Gasteiger partial charge on any atom is 0.136 e. The lowest BCUT2D eigenvalue weighted by atomic mass is 9.97. The zero-order valence-corrected chi connectivity index (χ0v) is 27.3. The highest BCUT2D eigenvalue weighted by atomic mass is 32.1. The van der Waals surface area contributed by atoms with Gasteiger partial charge in [0.15, 0.2) is 0 Å². The molecule has 2 nitrogen and oxygen atoms in total. The van der Waals surface area contributed by atoms with Crippen molar-refractivity contribution in [3.63, 3.8) is 0 Å². The van der Waals surface area contributed by atoms with Crippen LogP contribution in [-0.4, -0.2) is 0 Å². The van der Waals surface area contributed by atoms with Gasteiger partial charge in [0.1, 0.15) is 11.2 Å². The molecule has 10 rings (SSSR count). The monoisotopic (exact) mass is 643 g/mol. The van der Waals surface area contributed by atoms with Crippen molar-refractivity contribution in [1.82, 2.24) is 0 Å². The maximum atomic E-state index is 6.35. The molecule has 0 saturated carbocycles. The molecule has 0 saturated heterocycles. The largest absolute Gasteiger partial charge is 0.456 e. The Kier molecular flexibility index (Phi) is 6.39. The fourth-order valence-electron chi connectivity index (χ4n) is 7.42. The number of para-hydroxylation sites is 2. The molecular formula is C46H29NOS. The van der Waals surface area contributed by atoms with Crippen molar-refractivity contribution in [2.75, 3.05) is 4.90 Å². The van der Waals surface area contributed by atoms with Crippen LogP contribution in [-0.2, 0) is 0 Å². The molecule has 49 heavy (non-hydrogen) atoms. The predicted octanol–water partition coefficient (Wildman–Crippen LogP) is 13.9. The number of thiophene rings is 1. The molecule has 0 N–H and O–H groups in total. The number of furan rings is 1. The summed E-state index contributed by atoms with van der Waals surface area (Å²) in [6.07, 6.45) is 0. The van der Waals surface area contributed by atoms with E-state index in [1.54, 1.807) is 0 Å². The molecule has 0 unspecified atom stereocenters. The van der Waals surface area contributed by atoms with Crippen LogP contribution in [0.4, 0.5) is 17.1 Å². The van der Waals surface area contributed by atoms with Crippen LogP contribution in [0.25, 0.3) is 75.1 Å². The molecular weight excluding hydrogens is 615 g/mol.